The van der Waals surface area contributed by atoms with Crippen LogP contribution in [-0.4, -0.2) is 44.9 Å². The highest BCUT2D eigenvalue weighted by Crippen LogP contribution is 2.34. The molecule has 7 nitrogen and oxygen atoms in total. The third-order valence-electron chi connectivity index (χ3n) is 4.88. The van der Waals surface area contributed by atoms with E-state index in [1.54, 1.807) is 6.07 Å². The van der Waals surface area contributed by atoms with Crippen LogP contribution in [0, 0.1) is 0 Å². The van der Waals surface area contributed by atoms with Gasteiger partial charge in [0.25, 0.3) is 0 Å². The second kappa shape index (κ2) is 8.84. The Kier molecular flexibility index (Phi) is 6.44. The van der Waals surface area contributed by atoms with Gasteiger partial charge in [-0.3, -0.25) is 4.79 Å². The van der Waals surface area contributed by atoms with E-state index in [9.17, 15) is 13.2 Å². The van der Waals surface area contributed by atoms with Gasteiger partial charge in [0.05, 0.1) is 18.1 Å². The number of carbonyl (C=O) groups is 1. The van der Waals surface area contributed by atoms with Crippen LogP contribution in [0.4, 0.5) is 0 Å². The molecule has 1 amide bonds. The van der Waals surface area contributed by atoms with Crippen LogP contribution in [0.5, 0.6) is 11.5 Å². The van der Waals surface area contributed by atoms with Crippen molar-refractivity contribution in [3.63, 3.8) is 0 Å². The van der Waals surface area contributed by atoms with Crippen molar-refractivity contribution in [1.29, 1.82) is 0 Å². The molecule has 1 N–H and O–H groups in total. The minimum Gasteiger partial charge on any atom is -0.490 e. The number of hydrogen-bond acceptors (Lipinski definition) is 5. The summed E-state index contributed by atoms with van der Waals surface area (Å²) in [5, 5.41) is 2.59. The van der Waals surface area contributed by atoms with Crippen LogP contribution in [0.2, 0.25) is 0 Å². The smallest absolute Gasteiger partial charge is 0.244 e. The van der Waals surface area contributed by atoms with E-state index in [0.717, 1.165) is 11.1 Å². The average molecular weight is 419 g/mol. The van der Waals surface area contributed by atoms with Gasteiger partial charge in [-0.25, -0.2) is 8.42 Å². The fourth-order valence-electron chi connectivity index (χ4n) is 3.47. The molecule has 2 aromatic carbocycles. The van der Waals surface area contributed by atoms with E-state index in [2.05, 4.69) is 5.32 Å². The molecule has 156 valence electrons. The highest BCUT2D eigenvalue weighted by atomic mass is 32.2. The lowest BCUT2D eigenvalue weighted by Gasteiger charge is -2.34. The number of nitrogens with one attached hydrogen (secondary N) is 1. The number of carbonyl (C=O) groups excluding carboxylic acids is 1. The van der Waals surface area contributed by atoms with Gasteiger partial charge in [0.1, 0.15) is 6.04 Å². The summed E-state index contributed by atoms with van der Waals surface area (Å²) in [6.07, 6.45) is 0.324. The number of amides is 1. The van der Waals surface area contributed by atoms with E-state index in [1.807, 2.05) is 38.1 Å². The number of likely N-dealkylation sites (N-methyl/N-ethyl adjacent to an activating group) is 1. The maximum atomic E-state index is 13.5. The van der Waals surface area contributed by atoms with Crippen LogP contribution in [0.1, 0.15) is 25.0 Å². The Balaban J connectivity index is 2.04. The number of hydrogen-bond donors (Lipinski definition) is 1. The fourth-order valence-corrected chi connectivity index (χ4v) is 5.05. The molecule has 0 fully saturated rings. The monoisotopic (exact) mass is 418 g/mol. The van der Waals surface area contributed by atoms with Crippen molar-refractivity contribution < 1.29 is 22.7 Å². The maximum absolute atomic E-state index is 13.5. The number of ether oxygens (including phenoxy) is 2. The lowest BCUT2D eigenvalue weighted by molar-refractivity contribution is -0.124. The molecular weight excluding hydrogens is 392 g/mol. The van der Waals surface area contributed by atoms with Gasteiger partial charge in [0.2, 0.25) is 15.9 Å². The van der Waals surface area contributed by atoms with Crippen LogP contribution in [-0.2, 0) is 27.8 Å². The molecule has 29 heavy (non-hydrogen) atoms. The average Bonchev–Trinajstić information content (AvgIpc) is 2.73. The van der Waals surface area contributed by atoms with Gasteiger partial charge in [0, 0.05) is 19.7 Å². The van der Waals surface area contributed by atoms with Gasteiger partial charge in [-0.2, -0.15) is 4.31 Å². The molecular formula is C21H26N2O5S. The Labute approximate surface area is 171 Å². The van der Waals surface area contributed by atoms with Crippen LogP contribution >= 0.6 is 0 Å². The largest absolute Gasteiger partial charge is 0.490 e. The molecule has 0 saturated carbocycles. The standard InChI is InChI=1S/C21H26N2O5S/c1-4-27-19-11-10-17(13-20(19)28-5-2)29(25,26)23-14-16-9-7-6-8-15(16)12-18(23)21(24)22-3/h6-11,13,18H,4-5,12,14H2,1-3H3,(H,22,24). The minimum atomic E-state index is -3.94. The van der Waals surface area contributed by atoms with Gasteiger partial charge < -0.3 is 14.8 Å². The van der Waals surface area contributed by atoms with Crippen molar-refractivity contribution in [2.45, 2.75) is 37.8 Å². The second-order valence-electron chi connectivity index (χ2n) is 6.63. The van der Waals surface area contributed by atoms with Crippen molar-refractivity contribution in [2.24, 2.45) is 0 Å². The Morgan fingerprint density at radius 2 is 1.72 bits per heavy atom. The number of fused-ring (bicyclic) bond motifs is 1. The molecule has 1 aliphatic heterocycles. The predicted molar refractivity (Wildman–Crippen MR) is 110 cm³/mol. The number of sulfonamides is 1. The number of nitrogens with zero attached hydrogens (tertiary/aromatic N) is 1. The molecule has 0 spiro atoms. The van der Waals surface area contributed by atoms with Gasteiger partial charge in [-0.15, -0.1) is 0 Å². The van der Waals surface area contributed by atoms with E-state index < -0.39 is 16.1 Å². The molecule has 8 heteroatoms. The van der Waals surface area contributed by atoms with E-state index >= 15 is 0 Å². The zero-order valence-corrected chi connectivity index (χ0v) is 17.7. The molecule has 1 unspecified atom stereocenters. The summed E-state index contributed by atoms with van der Waals surface area (Å²) in [6, 6.07) is 11.3. The van der Waals surface area contributed by atoms with Gasteiger partial charge in [-0.1, -0.05) is 24.3 Å². The summed E-state index contributed by atoms with van der Waals surface area (Å²) >= 11 is 0. The van der Waals surface area contributed by atoms with Crippen molar-refractivity contribution in [3.8, 4) is 11.5 Å². The first-order chi connectivity index (χ1) is 13.9. The topological polar surface area (TPSA) is 84.9 Å². The first kappa shape index (κ1) is 21.1. The SMILES string of the molecule is CCOc1ccc(S(=O)(=O)N2Cc3ccccc3CC2C(=O)NC)cc1OCC. The molecule has 1 aliphatic rings. The van der Waals surface area contributed by atoms with Gasteiger partial charge >= 0.3 is 0 Å². The third kappa shape index (κ3) is 4.23. The van der Waals surface area contributed by atoms with Gasteiger partial charge in [0.15, 0.2) is 11.5 Å². The Morgan fingerprint density at radius 1 is 1.07 bits per heavy atom. The second-order valence-corrected chi connectivity index (χ2v) is 8.52. The molecule has 2 aromatic rings. The van der Waals surface area contributed by atoms with E-state index in [1.165, 1.54) is 23.5 Å². The molecule has 1 heterocycles. The zero-order valence-electron chi connectivity index (χ0n) is 16.8. The molecule has 0 aromatic heterocycles. The predicted octanol–water partition coefficient (Wildman–Crippen LogP) is 2.35. The lowest BCUT2D eigenvalue weighted by atomic mass is 9.95. The molecule has 0 radical (unpaired) electrons. The molecule has 0 saturated heterocycles. The summed E-state index contributed by atoms with van der Waals surface area (Å²) in [4.78, 5) is 12.6. The number of rotatable bonds is 7. The first-order valence-electron chi connectivity index (χ1n) is 9.62. The summed E-state index contributed by atoms with van der Waals surface area (Å²) < 4.78 is 39.4. The fraction of sp³-hybridized carbons (Fsp3) is 0.381. The normalized spacial score (nSPS) is 16.7. The van der Waals surface area contributed by atoms with Crippen molar-refractivity contribution in [3.05, 3.63) is 53.6 Å². The highest BCUT2D eigenvalue weighted by molar-refractivity contribution is 7.89. The quantitative estimate of drug-likeness (QED) is 0.746. The van der Waals surface area contributed by atoms with Crippen LogP contribution in [0.25, 0.3) is 0 Å². The van der Waals surface area contributed by atoms with Crippen LogP contribution in [0.15, 0.2) is 47.4 Å². The Bertz CT molecular complexity index is 990. The van der Waals surface area contributed by atoms with Crippen molar-refractivity contribution >= 4 is 15.9 Å². The van der Waals surface area contributed by atoms with E-state index in [4.69, 9.17) is 9.47 Å². The third-order valence-corrected chi connectivity index (χ3v) is 6.73. The maximum Gasteiger partial charge on any atom is 0.244 e. The molecule has 1 atom stereocenters. The highest BCUT2D eigenvalue weighted by Gasteiger charge is 2.39. The first-order valence-corrected chi connectivity index (χ1v) is 11.1. The molecule has 3 rings (SSSR count). The molecule has 0 bridgehead atoms. The summed E-state index contributed by atoms with van der Waals surface area (Å²) in [6.45, 7) is 4.61. The summed E-state index contributed by atoms with van der Waals surface area (Å²) in [5.41, 5.74) is 1.88. The van der Waals surface area contributed by atoms with Gasteiger partial charge in [-0.05, 0) is 43.5 Å². The van der Waals surface area contributed by atoms with Crippen molar-refractivity contribution in [2.75, 3.05) is 20.3 Å². The van der Waals surface area contributed by atoms with Crippen LogP contribution < -0.4 is 14.8 Å². The Hall–Kier alpha value is -2.58. The summed E-state index contributed by atoms with van der Waals surface area (Å²) in [7, 11) is -2.43. The Morgan fingerprint density at radius 3 is 2.38 bits per heavy atom. The summed E-state index contributed by atoms with van der Waals surface area (Å²) in [5.74, 6) is 0.517. The van der Waals surface area contributed by atoms with Crippen LogP contribution in [0.3, 0.4) is 0 Å². The van der Waals surface area contributed by atoms with Crippen molar-refractivity contribution in [1.82, 2.24) is 9.62 Å². The van der Waals surface area contributed by atoms with E-state index in [-0.39, 0.29) is 17.3 Å². The zero-order chi connectivity index (χ0) is 21.0. The van der Waals surface area contributed by atoms with E-state index in [0.29, 0.717) is 31.1 Å². The minimum absolute atomic E-state index is 0.0673. The number of benzene rings is 2. The lowest BCUT2D eigenvalue weighted by Crippen LogP contribution is -2.51. The molecule has 0 aliphatic carbocycles.